The average Bonchev–Trinajstić information content (AvgIpc) is 3.36. The number of aliphatic hydroxyl groups excluding tert-OH is 1. The van der Waals surface area contributed by atoms with E-state index < -0.39 is 71.2 Å². The van der Waals surface area contributed by atoms with E-state index in [2.05, 4.69) is 20.9 Å². The summed E-state index contributed by atoms with van der Waals surface area (Å²) in [5.74, 6) is -3.03. The van der Waals surface area contributed by atoms with Crippen LogP contribution in [-0.2, 0) is 30.4 Å². The van der Waals surface area contributed by atoms with Gasteiger partial charge in [0.15, 0.2) is 12.7 Å². The first-order chi connectivity index (χ1) is 23.1. The second-order valence-electron chi connectivity index (χ2n) is 13.5. The highest BCUT2D eigenvalue weighted by Crippen LogP contribution is 2.40. The summed E-state index contributed by atoms with van der Waals surface area (Å²) in [7, 11) is 0. The average molecular weight is 693 g/mol. The van der Waals surface area contributed by atoms with E-state index in [9.17, 15) is 29.1 Å². The lowest BCUT2D eigenvalue weighted by molar-refractivity contribution is -0.148. The number of hydrogen-bond acceptors (Lipinski definition) is 9. The van der Waals surface area contributed by atoms with E-state index in [-0.39, 0.29) is 18.2 Å². The molecule has 262 valence electrons. The minimum atomic E-state index is -1.78. The molecule has 1 fully saturated rings. The molecule has 0 radical (unpaired) electrons. The molecule has 13 nitrogen and oxygen atoms in total. The van der Waals surface area contributed by atoms with Gasteiger partial charge in [-0.3, -0.25) is 29.0 Å². The van der Waals surface area contributed by atoms with Gasteiger partial charge < -0.3 is 36.4 Å². The van der Waals surface area contributed by atoms with Crippen LogP contribution in [0.25, 0.3) is 10.9 Å². The number of carbonyl (C=O) groups excluding carboxylic acids is 5. The third-order valence-corrected chi connectivity index (χ3v) is 9.22. The van der Waals surface area contributed by atoms with Crippen LogP contribution in [0.15, 0.2) is 66.9 Å². The van der Waals surface area contributed by atoms with E-state index in [0.29, 0.717) is 16.8 Å². The number of rotatable bonds is 13. The molecule has 0 spiro atoms. The topological polar surface area (TPSA) is 193 Å². The Morgan fingerprint density at radius 2 is 1.73 bits per heavy atom. The predicted octanol–water partition coefficient (Wildman–Crippen LogP) is 1.66. The number of ether oxygens (including phenoxy) is 1. The lowest BCUT2D eigenvalue weighted by Gasteiger charge is -2.35. The lowest BCUT2D eigenvalue weighted by atomic mass is 9.96. The summed E-state index contributed by atoms with van der Waals surface area (Å²) in [6.45, 7) is 8.71. The highest BCUT2D eigenvalue weighted by Gasteiger charge is 2.50. The highest BCUT2D eigenvalue weighted by atomic mass is 32.2. The first-order valence-corrected chi connectivity index (χ1v) is 16.9. The summed E-state index contributed by atoms with van der Waals surface area (Å²) in [6, 6.07) is 14.2. The van der Waals surface area contributed by atoms with Gasteiger partial charge in [-0.15, -0.1) is 11.8 Å². The first-order valence-electron chi connectivity index (χ1n) is 15.9. The Hall–Kier alpha value is -4.69. The summed E-state index contributed by atoms with van der Waals surface area (Å²) in [5.41, 5.74) is 6.12. The number of benzene rings is 2. The fraction of sp³-hybridized carbons (Fsp3) is 0.429. The van der Waals surface area contributed by atoms with Gasteiger partial charge in [-0.05, 0) is 58.7 Å². The Kier molecular flexibility index (Phi) is 11.9. The standard InChI is InChI=1S/C35H44N6O7S/c1-34(2,3)40-32(46)30-35(4,5)49-20-41(30)33(47)29(44)23(17-21-11-7-6-8-12-21)39-31(45)24(18-26(36)42)38-27(43)19-48-25-15-9-13-22-14-10-16-37-28(22)25/h6-16,23-24,29-30,44H,17-20H2,1-5H3,(H2,36,42)(H,38,43)(H,39,45)(H,40,46)/t23-,24-,29-,30?/m0/s1. The third kappa shape index (κ3) is 9.92. The largest absolute Gasteiger partial charge is 0.481 e. The number of carbonyl (C=O) groups is 5. The maximum atomic E-state index is 13.9. The SMILES string of the molecule is CC(C)(C)NC(=O)C1N(C(=O)[C@@H](O)[C@H](Cc2ccccc2)NC(=O)[C@H](CC(N)=O)NC(=O)COc2cccc3cccnc23)CSC1(C)C. The van der Waals surface area contributed by atoms with Crippen LogP contribution in [0, 0.1) is 0 Å². The molecule has 4 atom stereocenters. The number of nitrogens with two attached hydrogens (primary N) is 1. The maximum absolute atomic E-state index is 13.9. The fourth-order valence-corrected chi connectivity index (χ4v) is 6.71. The van der Waals surface area contributed by atoms with Gasteiger partial charge in [0.2, 0.25) is 17.7 Å². The molecule has 3 aromatic rings. The van der Waals surface area contributed by atoms with Crippen molar-refractivity contribution in [1.29, 1.82) is 0 Å². The highest BCUT2D eigenvalue weighted by molar-refractivity contribution is 8.00. The molecular weight excluding hydrogens is 648 g/mol. The number of aromatic nitrogens is 1. The molecule has 1 aliphatic heterocycles. The zero-order chi connectivity index (χ0) is 35.9. The smallest absolute Gasteiger partial charge is 0.258 e. The number of fused-ring (bicyclic) bond motifs is 1. The van der Waals surface area contributed by atoms with Crippen molar-refractivity contribution in [3.05, 3.63) is 72.4 Å². The molecule has 1 aliphatic rings. The monoisotopic (exact) mass is 692 g/mol. The van der Waals surface area contributed by atoms with Gasteiger partial charge in [0.05, 0.1) is 18.3 Å². The number of primary amides is 1. The second-order valence-corrected chi connectivity index (χ2v) is 15.1. The van der Waals surface area contributed by atoms with Gasteiger partial charge >= 0.3 is 0 Å². The number of thioether (sulfide) groups is 1. The lowest BCUT2D eigenvalue weighted by Crippen LogP contribution is -2.61. The minimum absolute atomic E-state index is 0.0249. The Morgan fingerprint density at radius 3 is 2.41 bits per heavy atom. The molecule has 2 aromatic carbocycles. The molecule has 1 unspecified atom stereocenters. The van der Waals surface area contributed by atoms with E-state index in [0.717, 1.165) is 5.39 Å². The van der Waals surface area contributed by atoms with Gasteiger partial charge in [0, 0.05) is 21.9 Å². The van der Waals surface area contributed by atoms with Crippen molar-refractivity contribution in [3.63, 3.8) is 0 Å². The molecule has 0 saturated carbocycles. The van der Waals surface area contributed by atoms with Crippen molar-refractivity contribution in [3.8, 4) is 5.75 Å². The van der Waals surface area contributed by atoms with Crippen LogP contribution in [0.1, 0.15) is 46.6 Å². The molecule has 1 aromatic heterocycles. The Labute approximate surface area is 289 Å². The maximum Gasteiger partial charge on any atom is 0.258 e. The van der Waals surface area contributed by atoms with Crippen LogP contribution in [0.3, 0.4) is 0 Å². The van der Waals surface area contributed by atoms with Crippen LogP contribution < -0.4 is 26.4 Å². The van der Waals surface area contributed by atoms with Crippen LogP contribution in [0.4, 0.5) is 0 Å². The predicted molar refractivity (Wildman–Crippen MR) is 186 cm³/mol. The molecule has 0 bridgehead atoms. The first kappa shape index (κ1) is 37.1. The van der Waals surface area contributed by atoms with Crippen molar-refractivity contribution in [1.82, 2.24) is 25.8 Å². The summed E-state index contributed by atoms with van der Waals surface area (Å²) < 4.78 is 5.02. The van der Waals surface area contributed by atoms with E-state index in [1.54, 1.807) is 54.7 Å². The molecule has 14 heteroatoms. The number of amides is 5. The quantitative estimate of drug-likeness (QED) is 0.177. The number of para-hydroxylation sites is 1. The zero-order valence-corrected chi connectivity index (χ0v) is 29.1. The number of aliphatic hydroxyl groups is 1. The van der Waals surface area contributed by atoms with Gasteiger partial charge in [-0.25, -0.2) is 0 Å². The van der Waals surface area contributed by atoms with E-state index >= 15 is 0 Å². The second kappa shape index (κ2) is 15.7. The summed E-state index contributed by atoms with van der Waals surface area (Å²) >= 11 is 1.40. The fourth-order valence-electron chi connectivity index (χ4n) is 5.57. The Morgan fingerprint density at radius 1 is 1.04 bits per heavy atom. The van der Waals surface area contributed by atoms with E-state index in [1.165, 1.54) is 16.7 Å². The van der Waals surface area contributed by atoms with Crippen molar-refractivity contribution in [2.45, 2.75) is 82.0 Å². The normalized spacial score (nSPS) is 17.4. The van der Waals surface area contributed by atoms with Gasteiger partial charge in [0.25, 0.3) is 11.8 Å². The van der Waals surface area contributed by atoms with Crippen LogP contribution in [-0.4, -0.2) is 91.5 Å². The Balaban J connectivity index is 1.52. The van der Waals surface area contributed by atoms with Crippen molar-refractivity contribution in [2.24, 2.45) is 5.73 Å². The third-order valence-electron chi connectivity index (χ3n) is 7.85. The molecule has 2 heterocycles. The molecule has 5 amide bonds. The summed E-state index contributed by atoms with van der Waals surface area (Å²) in [6.07, 6.45) is -0.716. The van der Waals surface area contributed by atoms with Gasteiger partial charge in [0.1, 0.15) is 23.3 Å². The van der Waals surface area contributed by atoms with Crippen molar-refractivity contribution < 1.29 is 33.8 Å². The molecule has 0 aliphatic carbocycles. The zero-order valence-electron chi connectivity index (χ0n) is 28.3. The molecule has 4 rings (SSSR count). The number of nitrogens with zero attached hydrogens (tertiary/aromatic N) is 2. The summed E-state index contributed by atoms with van der Waals surface area (Å²) in [5, 5.41) is 20.4. The van der Waals surface area contributed by atoms with E-state index in [1.807, 2.05) is 46.8 Å². The van der Waals surface area contributed by atoms with Crippen LogP contribution in [0.2, 0.25) is 0 Å². The van der Waals surface area contributed by atoms with Crippen LogP contribution in [0.5, 0.6) is 5.75 Å². The van der Waals surface area contributed by atoms with E-state index in [4.69, 9.17) is 10.5 Å². The van der Waals surface area contributed by atoms with Gasteiger partial charge in [-0.2, -0.15) is 0 Å². The van der Waals surface area contributed by atoms with Crippen molar-refractivity contribution in [2.75, 3.05) is 12.5 Å². The number of hydrogen-bond donors (Lipinski definition) is 5. The molecule has 49 heavy (non-hydrogen) atoms. The molecule has 6 N–H and O–H groups in total. The van der Waals surface area contributed by atoms with Crippen molar-refractivity contribution >= 4 is 52.2 Å². The summed E-state index contributed by atoms with van der Waals surface area (Å²) in [4.78, 5) is 71.5. The molecular formula is C35H44N6O7S. The number of pyridine rings is 1. The van der Waals surface area contributed by atoms with Gasteiger partial charge in [-0.1, -0.05) is 48.5 Å². The van der Waals surface area contributed by atoms with Crippen LogP contribution >= 0.6 is 11.8 Å². The molecule has 1 saturated heterocycles. The minimum Gasteiger partial charge on any atom is -0.481 e. The number of nitrogens with one attached hydrogen (secondary N) is 3. The Bertz CT molecular complexity index is 1670.